The van der Waals surface area contributed by atoms with Gasteiger partial charge in [-0.05, 0) is 41.8 Å². The van der Waals surface area contributed by atoms with Crippen LogP contribution in [0.3, 0.4) is 0 Å². The Balaban J connectivity index is 1.84. The van der Waals surface area contributed by atoms with E-state index >= 15 is 0 Å². The molecule has 0 unspecified atom stereocenters. The van der Waals surface area contributed by atoms with E-state index in [0.717, 1.165) is 16.7 Å². The van der Waals surface area contributed by atoms with Crippen molar-refractivity contribution in [1.29, 1.82) is 0 Å². The molecule has 0 aliphatic heterocycles. The summed E-state index contributed by atoms with van der Waals surface area (Å²) in [6, 6.07) is 22.4. The van der Waals surface area contributed by atoms with Gasteiger partial charge in [0, 0.05) is 11.6 Å². The van der Waals surface area contributed by atoms with Crippen molar-refractivity contribution in [2.45, 2.75) is 19.5 Å². The van der Waals surface area contributed by atoms with E-state index < -0.39 is 6.04 Å². The van der Waals surface area contributed by atoms with Gasteiger partial charge in [-0.15, -0.1) is 0 Å². The van der Waals surface area contributed by atoms with Crippen LogP contribution < -0.4 is 15.4 Å². The quantitative estimate of drug-likeness (QED) is 0.584. The molecule has 0 aliphatic carbocycles. The molecule has 0 saturated heterocycles. The van der Waals surface area contributed by atoms with Crippen LogP contribution in [-0.4, -0.2) is 13.0 Å². The molecule has 0 heterocycles. The standard InChI is InChI=1S/C23H23ClN2O2/c1-16-12-13-21(28-2)20(14-16)26-23(27)22(17-8-4-3-5-9-17)25-15-18-10-6-7-11-19(18)24/h3-14,22,25H,15H2,1-2H3,(H,26,27)/t22-/m1/s1. The molecule has 28 heavy (non-hydrogen) atoms. The molecule has 0 aromatic heterocycles. The zero-order valence-corrected chi connectivity index (χ0v) is 16.7. The summed E-state index contributed by atoms with van der Waals surface area (Å²) in [5, 5.41) is 6.99. The van der Waals surface area contributed by atoms with Crippen LogP contribution in [0.2, 0.25) is 5.02 Å². The van der Waals surface area contributed by atoms with Gasteiger partial charge in [-0.3, -0.25) is 10.1 Å². The molecule has 3 aromatic rings. The number of rotatable bonds is 7. The minimum absolute atomic E-state index is 0.165. The Morgan fingerprint density at radius 1 is 1.04 bits per heavy atom. The number of anilines is 1. The van der Waals surface area contributed by atoms with E-state index in [1.165, 1.54) is 0 Å². The lowest BCUT2D eigenvalue weighted by molar-refractivity contribution is -0.118. The van der Waals surface area contributed by atoms with Gasteiger partial charge >= 0.3 is 0 Å². The summed E-state index contributed by atoms with van der Waals surface area (Å²) >= 11 is 6.26. The van der Waals surface area contributed by atoms with Crippen molar-refractivity contribution in [2.24, 2.45) is 0 Å². The Morgan fingerprint density at radius 2 is 1.75 bits per heavy atom. The molecule has 0 fully saturated rings. The summed E-state index contributed by atoms with van der Waals surface area (Å²) in [6.07, 6.45) is 0. The van der Waals surface area contributed by atoms with E-state index in [4.69, 9.17) is 16.3 Å². The largest absolute Gasteiger partial charge is 0.495 e. The molecule has 4 nitrogen and oxygen atoms in total. The molecule has 0 bridgehead atoms. The number of amides is 1. The number of nitrogens with one attached hydrogen (secondary N) is 2. The first-order valence-electron chi connectivity index (χ1n) is 9.05. The van der Waals surface area contributed by atoms with Crippen LogP contribution in [0.1, 0.15) is 22.7 Å². The molecule has 1 amide bonds. The average Bonchev–Trinajstić information content (AvgIpc) is 2.70. The average molecular weight is 395 g/mol. The predicted molar refractivity (Wildman–Crippen MR) is 114 cm³/mol. The molecule has 0 aliphatic rings. The maximum atomic E-state index is 13.1. The number of carbonyl (C=O) groups excluding carboxylic acids is 1. The highest BCUT2D eigenvalue weighted by atomic mass is 35.5. The van der Waals surface area contributed by atoms with Gasteiger partial charge in [-0.1, -0.05) is 66.2 Å². The molecule has 3 aromatic carbocycles. The summed E-state index contributed by atoms with van der Waals surface area (Å²) in [4.78, 5) is 13.1. The van der Waals surface area contributed by atoms with Crippen LogP contribution in [0.5, 0.6) is 5.75 Å². The normalized spacial score (nSPS) is 11.7. The molecule has 1 atom stereocenters. The lowest BCUT2D eigenvalue weighted by Gasteiger charge is -2.20. The van der Waals surface area contributed by atoms with Crippen LogP contribution >= 0.6 is 11.6 Å². The molecular formula is C23H23ClN2O2. The lowest BCUT2D eigenvalue weighted by atomic mass is 10.1. The van der Waals surface area contributed by atoms with E-state index in [1.54, 1.807) is 7.11 Å². The van der Waals surface area contributed by atoms with Crippen molar-refractivity contribution in [3.63, 3.8) is 0 Å². The monoisotopic (exact) mass is 394 g/mol. The van der Waals surface area contributed by atoms with Crippen LogP contribution in [0, 0.1) is 6.92 Å². The Hall–Kier alpha value is -2.82. The molecular weight excluding hydrogens is 372 g/mol. The second kappa shape index (κ2) is 9.40. The SMILES string of the molecule is COc1ccc(C)cc1NC(=O)[C@H](NCc1ccccc1Cl)c1ccccc1. The fourth-order valence-corrected chi connectivity index (χ4v) is 3.19. The van der Waals surface area contributed by atoms with Gasteiger partial charge in [0.1, 0.15) is 11.8 Å². The minimum Gasteiger partial charge on any atom is -0.495 e. The Bertz CT molecular complexity index is 944. The number of aryl methyl sites for hydroxylation is 1. The zero-order valence-electron chi connectivity index (χ0n) is 15.9. The zero-order chi connectivity index (χ0) is 19.9. The fraction of sp³-hybridized carbons (Fsp3) is 0.174. The summed E-state index contributed by atoms with van der Waals surface area (Å²) in [7, 11) is 1.59. The third-order valence-corrected chi connectivity index (χ3v) is 4.83. The summed E-state index contributed by atoms with van der Waals surface area (Å²) in [5.74, 6) is 0.457. The van der Waals surface area contributed by atoms with Crippen molar-refractivity contribution in [3.8, 4) is 5.75 Å². The van der Waals surface area contributed by atoms with Crippen LogP contribution in [0.15, 0.2) is 72.8 Å². The van der Waals surface area contributed by atoms with Gasteiger partial charge in [0.2, 0.25) is 5.91 Å². The van der Waals surface area contributed by atoms with Gasteiger partial charge in [0.05, 0.1) is 12.8 Å². The maximum Gasteiger partial charge on any atom is 0.246 e. The van der Waals surface area contributed by atoms with Crippen molar-refractivity contribution in [3.05, 3.63) is 94.5 Å². The van der Waals surface area contributed by atoms with E-state index in [1.807, 2.05) is 79.7 Å². The smallest absolute Gasteiger partial charge is 0.246 e. The van der Waals surface area contributed by atoms with Crippen molar-refractivity contribution < 1.29 is 9.53 Å². The summed E-state index contributed by atoms with van der Waals surface area (Å²) in [5.41, 5.74) is 3.49. The molecule has 144 valence electrons. The Morgan fingerprint density at radius 3 is 2.46 bits per heavy atom. The van der Waals surface area contributed by atoms with Crippen molar-refractivity contribution >= 4 is 23.2 Å². The molecule has 2 N–H and O–H groups in total. The van der Waals surface area contributed by atoms with E-state index in [0.29, 0.717) is 23.0 Å². The van der Waals surface area contributed by atoms with Gasteiger partial charge in [-0.2, -0.15) is 0 Å². The topological polar surface area (TPSA) is 50.4 Å². The van der Waals surface area contributed by atoms with Crippen LogP contribution in [0.25, 0.3) is 0 Å². The number of benzene rings is 3. The number of methoxy groups -OCH3 is 1. The van der Waals surface area contributed by atoms with Gasteiger partial charge in [-0.25, -0.2) is 0 Å². The first-order chi connectivity index (χ1) is 13.6. The van der Waals surface area contributed by atoms with E-state index in [-0.39, 0.29) is 5.91 Å². The number of halogens is 1. The first kappa shape index (κ1) is 19.9. The second-order valence-corrected chi connectivity index (χ2v) is 6.92. The lowest BCUT2D eigenvalue weighted by Crippen LogP contribution is -2.33. The third-order valence-electron chi connectivity index (χ3n) is 4.46. The van der Waals surface area contributed by atoms with Gasteiger partial charge < -0.3 is 10.1 Å². The summed E-state index contributed by atoms with van der Waals surface area (Å²) < 4.78 is 5.38. The third kappa shape index (κ3) is 4.91. The molecule has 0 radical (unpaired) electrons. The second-order valence-electron chi connectivity index (χ2n) is 6.51. The van der Waals surface area contributed by atoms with Crippen molar-refractivity contribution in [1.82, 2.24) is 5.32 Å². The van der Waals surface area contributed by atoms with Crippen LogP contribution in [0.4, 0.5) is 5.69 Å². The molecule has 0 spiro atoms. The Kier molecular flexibility index (Phi) is 6.69. The highest BCUT2D eigenvalue weighted by Gasteiger charge is 2.21. The van der Waals surface area contributed by atoms with E-state index in [2.05, 4.69) is 10.6 Å². The molecule has 5 heteroatoms. The number of hydrogen-bond acceptors (Lipinski definition) is 3. The van der Waals surface area contributed by atoms with Gasteiger partial charge in [0.25, 0.3) is 0 Å². The first-order valence-corrected chi connectivity index (χ1v) is 9.43. The fourth-order valence-electron chi connectivity index (χ4n) is 2.99. The minimum atomic E-state index is -0.539. The number of carbonyl (C=O) groups is 1. The highest BCUT2D eigenvalue weighted by Crippen LogP contribution is 2.27. The van der Waals surface area contributed by atoms with Crippen LogP contribution in [-0.2, 0) is 11.3 Å². The van der Waals surface area contributed by atoms with Gasteiger partial charge in [0.15, 0.2) is 0 Å². The predicted octanol–water partition coefficient (Wildman–Crippen LogP) is 5.13. The number of hydrogen-bond donors (Lipinski definition) is 2. The summed E-state index contributed by atoms with van der Waals surface area (Å²) in [6.45, 7) is 2.44. The number of ether oxygens (including phenoxy) is 1. The highest BCUT2D eigenvalue weighted by molar-refractivity contribution is 6.31. The molecule has 3 rings (SSSR count). The Labute approximate surface area is 170 Å². The molecule has 0 saturated carbocycles. The van der Waals surface area contributed by atoms with Crippen molar-refractivity contribution in [2.75, 3.05) is 12.4 Å². The van der Waals surface area contributed by atoms with E-state index in [9.17, 15) is 4.79 Å². The maximum absolute atomic E-state index is 13.1.